The molecule has 0 amide bonds. The molecule has 0 radical (unpaired) electrons. The second kappa shape index (κ2) is 7.04. The predicted octanol–water partition coefficient (Wildman–Crippen LogP) is 2.91. The monoisotopic (exact) mass is 280 g/mol. The molecule has 0 bridgehead atoms. The van der Waals surface area contributed by atoms with E-state index in [1.54, 1.807) is 12.1 Å². The fraction of sp³-hybridized carbons (Fsp3) is 0.625. The van der Waals surface area contributed by atoms with E-state index in [0.717, 1.165) is 39.0 Å². The van der Waals surface area contributed by atoms with Gasteiger partial charge in [0, 0.05) is 43.9 Å². The summed E-state index contributed by atoms with van der Waals surface area (Å²) in [5.41, 5.74) is 0.714. The number of benzene rings is 1. The summed E-state index contributed by atoms with van der Waals surface area (Å²) in [6.45, 7) is 8.16. The molecule has 3 nitrogen and oxygen atoms in total. The van der Waals surface area contributed by atoms with Crippen LogP contribution in [-0.4, -0.2) is 36.2 Å². The van der Waals surface area contributed by atoms with E-state index in [4.69, 9.17) is 0 Å². The van der Waals surface area contributed by atoms with Crippen molar-refractivity contribution in [3.05, 3.63) is 29.6 Å². The summed E-state index contributed by atoms with van der Waals surface area (Å²) in [4.78, 5) is 2.37. The van der Waals surface area contributed by atoms with E-state index in [0.29, 0.717) is 11.5 Å². The van der Waals surface area contributed by atoms with E-state index in [9.17, 15) is 9.50 Å². The lowest BCUT2D eigenvalue weighted by atomic mass is 9.89. The highest BCUT2D eigenvalue weighted by Gasteiger charge is 2.29. The fourth-order valence-electron chi connectivity index (χ4n) is 3.19. The van der Waals surface area contributed by atoms with Crippen molar-refractivity contribution in [2.75, 3.05) is 26.2 Å². The minimum Gasteiger partial charge on any atom is -0.508 e. The van der Waals surface area contributed by atoms with Crippen LogP contribution in [0.3, 0.4) is 0 Å². The number of hydrogen-bond acceptors (Lipinski definition) is 3. The quantitative estimate of drug-likeness (QED) is 0.870. The van der Waals surface area contributed by atoms with E-state index in [1.165, 1.54) is 6.07 Å². The van der Waals surface area contributed by atoms with Gasteiger partial charge >= 0.3 is 0 Å². The van der Waals surface area contributed by atoms with E-state index in [2.05, 4.69) is 24.1 Å². The third-order valence-corrected chi connectivity index (χ3v) is 4.13. The first kappa shape index (κ1) is 15.3. The zero-order valence-corrected chi connectivity index (χ0v) is 12.4. The van der Waals surface area contributed by atoms with Crippen molar-refractivity contribution in [3.8, 4) is 5.75 Å². The van der Waals surface area contributed by atoms with E-state index >= 15 is 0 Å². The Morgan fingerprint density at radius 2 is 2.05 bits per heavy atom. The molecule has 1 saturated heterocycles. The second-order valence-corrected chi connectivity index (χ2v) is 5.70. The minimum atomic E-state index is -0.295. The molecule has 112 valence electrons. The standard InChI is InChI=1S/C16H25FN2O/c1-3-4-12(2)16(19-9-7-18-8-10-19)14-6-5-13(20)11-15(14)17/h5-6,11-12,16,18,20H,3-4,7-10H2,1-2H3/t12?,16-/m0/s1. The van der Waals surface area contributed by atoms with Crippen LogP contribution in [0.15, 0.2) is 18.2 Å². The highest BCUT2D eigenvalue weighted by Crippen LogP contribution is 2.34. The van der Waals surface area contributed by atoms with Crippen molar-refractivity contribution in [2.45, 2.75) is 32.7 Å². The molecule has 2 N–H and O–H groups in total. The maximum atomic E-state index is 14.3. The van der Waals surface area contributed by atoms with Gasteiger partial charge in [-0.3, -0.25) is 4.90 Å². The Morgan fingerprint density at radius 3 is 2.65 bits per heavy atom. The Labute approximate surface area is 120 Å². The third-order valence-electron chi connectivity index (χ3n) is 4.13. The van der Waals surface area contributed by atoms with Crippen LogP contribution in [0, 0.1) is 11.7 Å². The van der Waals surface area contributed by atoms with Crippen molar-refractivity contribution in [1.29, 1.82) is 0 Å². The number of piperazine rings is 1. The summed E-state index contributed by atoms with van der Waals surface area (Å²) in [5.74, 6) is 0.0992. The number of phenols is 1. The van der Waals surface area contributed by atoms with Gasteiger partial charge in [0.25, 0.3) is 0 Å². The molecule has 1 aliphatic heterocycles. The normalized spacial score (nSPS) is 19.8. The zero-order valence-electron chi connectivity index (χ0n) is 12.4. The van der Waals surface area contributed by atoms with Gasteiger partial charge in [-0.25, -0.2) is 4.39 Å². The molecule has 2 rings (SSSR count). The maximum Gasteiger partial charge on any atom is 0.131 e. The lowest BCUT2D eigenvalue weighted by Crippen LogP contribution is -2.46. The van der Waals surface area contributed by atoms with E-state index in [-0.39, 0.29) is 17.6 Å². The Morgan fingerprint density at radius 1 is 1.35 bits per heavy atom. The molecule has 2 atom stereocenters. The summed E-state index contributed by atoms with van der Waals surface area (Å²) in [5, 5.41) is 12.7. The molecule has 1 aliphatic rings. The molecular formula is C16H25FN2O. The molecule has 1 fully saturated rings. The molecule has 1 aromatic rings. The average molecular weight is 280 g/mol. The molecule has 4 heteroatoms. The number of nitrogens with zero attached hydrogens (tertiary/aromatic N) is 1. The van der Waals surface area contributed by atoms with Crippen LogP contribution in [0.2, 0.25) is 0 Å². The highest BCUT2D eigenvalue weighted by atomic mass is 19.1. The van der Waals surface area contributed by atoms with Crippen LogP contribution in [0.4, 0.5) is 4.39 Å². The molecule has 0 aliphatic carbocycles. The lowest BCUT2D eigenvalue weighted by molar-refractivity contribution is 0.123. The summed E-state index contributed by atoms with van der Waals surface area (Å²) in [7, 11) is 0. The van der Waals surface area contributed by atoms with Crippen LogP contribution in [0.25, 0.3) is 0 Å². The number of phenolic OH excluding ortho intramolecular Hbond substituents is 1. The SMILES string of the molecule is CCCC(C)[C@@H](c1ccc(O)cc1F)N1CCNCC1. The lowest BCUT2D eigenvalue weighted by Gasteiger charge is -2.38. The molecule has 20 heavy (non-hydrogen) atoms. The third kappa shape index (κ3) is 3.49. The van der Waals surface area contributed by atoms with Crippen LogP contribution in [-0.2, 0) is 0 Å². The number of aromatic hydroxyl groups is 1. The van der Waals surface area contributed by atoms with Crippen molar-refractivity contribution >= 4 is 0 Å². The Bertz CT molecular complexity index is 432. The number of hydrogen-bond donors (Lipinski definition) is 2. The largest absolute Gasteiger partial charge is 0.508 e. The van der Waals surface area contributed by atoms with Crippen LogP contribution >= 0.6 is 0 Å². The molecule has 0 aromatic heterocycles. The maximum absolute atomic E-state index is 14.3. The van der Waals surface area contributed by atoms with Gasteiger partial charge in [0.15, 0.2) is 0 Å². The smallest absolute Gasteiger partial charge is 0.131 e. The first-order valence-electron chi connectivity index (χ1n) is 7.56. The van der Waals surface area contributed by atoms with Crippen molar-refractivity contribution in [1.82, 2.24) is 10.2 Å². The molecule has 1 heterocycles. The van der Waals surface area contributed by atoms with Gasteiger partial charge in [-0.2, -0.15) is 0 Å². The van der Waals surface area contributed by atoms with Gasteiger partial charge in [0.2, 0.25) is 0 Å². The average Bonchev–Trinajstić information content (AvgIpc) is 2.43. The summed E-state index contributed by atoms with van der Waals surface area (Å²) in [6, 6.07) is 4.65. The van der Waals surface area contributed by atoms with Crippen LogP contribution in [0.1, 0.15) is 38.3 Å². The summed E-state index contributed by atoms with van der Waals surface area (Å²) in [6.07, 6.45) is 2.18. The van der Waals surface area contributed by atoms with Gasteiger partial charge < -0.3 is 10.4 Å². The van der Waals surface area contributed by atoms with Gasteiger partial charge in [-0.1, -0.05) is 26.3 Å². The Balaban J connectivity index is 2.28. The number of halogens is 1. The number of nitrogens with one attached hydrogen (secondary N) is 1. The van der Waals surface area contributed by atoms with Crippen LogP contribution in [0.5, 0.6) is 5.75 Å². The fourth-order valence-corrected chi connectivity index (χ4v) is 3.19. The Kier molecular flexibility index (Phi) is 5.38. The van der Waals surface area contributed by atoms with E-state index < -0.39 is 0 Å². The molecule has 0 spiro atoms. The van der Waals surface area contributed by atoms with Gasteiger partial charge in [-0.05, 0) is 18.4 Å². The van der Waals surface area contributed by atoms with E-state index in [1.807, 2.05) is 0 Å². The molecular weight excluding hydrogens is 255 g/mol. The van der Waals surface area contributed by atoms with Gasteiger partial charge in [0.05, 0.1) is 0 Å². The number of rotatable bonds is 5. The minimum absolute atomic E-state index is 0.00606. The van der Waals surface area contributed by atoms with Crippen molar-refractivity contribution in [3.63, 3.8) is 0 Å². The molecule has 0 saturated carbocycles. The molecule has 1 unspecified atom stereocenters. The zero-order chi connectivity index (χ0) is 14.5. The van der Waals surface area contributed by atoms with Crippen LogP contribution < -0.4 is 5.32 Å². The Hall–Kier alpha value is -1.13. The van der Waals surface area contributed by atoms with Gasteiger partial charge in [0.1, 0.15) is 11.6 Å². The summed E-state index contributed by atoms with van der Waals surface area (Å²) >= 11 is 0. The summed E-state index contributed by atoms with van der Waals surface area (Å²) < 4.78 is 14.3. The first-order chi connectivity index (χ1) is 9.63. The van der Waals surface area contributed by atoms with Crippen molar-refractivity contribution < 1.29 is 9.50 Å². The van der Waals surface area contributed by atoms with Crippen molar-refractivity contribution in [2.24, 2.45) is 5.92 Å². The molecule has 1 aromatic carbocycles. The first-order valence-corrected chi connectivity index (χ1v) is 7.56. The van der Waals surface area contributed by atoms with Gasteiger partial charge in [-0.15, -0.1) is 0 Å². The highest BCUT2D eigenvalue weighted by molar-refractivity contribution is 5.30. The predicted molar refractivity (Wildman–Crippen MR) is 79.3 cm³/mol. The topological polar surface area (TPSA) is 35.5 Å². The second-order valence-electron chi connectivity index (χ2n) is 5.70.